The van der Waals surface area contributed by atoms with E-state index in [0.717, 1.165) is 16.7 Å². The van der Waals surface area contributed by atoms with E-state index in [1.54, 1.807) is 54.6 Å². The highest BCUT2D eigenvalue weighted by atomic mass is 16.5. The van der Waals surface area contributed by atoms with Crippen LogP contribution in [-0.4, -0.2) is 53.1 Å². The van der Waals surface area contributed by atoms with E-state index in [1.165, 1.54) is 12.1 Å². The van der Waals surface area contributed by atoms with Gasteiger partial charge in [-0.1, -0.05) is 23.8 Å². The van der Waals surface area contributed by atoms with E-state index in [4.69, 9.17) is 19.3 Å². The number of rotatable bonds is 9. The smallest absolute Gasteiger partial charge is 0.341 e. The van der Waals surface area contributed by atoms with Crippen LogP contribution in [0.1, 0.15) is 29.2 Å². The number of benzene rings is 3. The Kier molecular flexibility index (Phi) is 7.39. The summed E-state index contributed by atoms with van der Waals surface area (Å²) in [6, 6.07) is 18.6. The lowest BCUT2D eigenvalue weighted by atomic mass is 9.98. The minimum Gasteiger partial charge on any atom is -0.508 e. The molecule has 36 heavy (non-hydrogen) atoms. The number of carbonyl (C=O) groups excluding carboxylic acids is 1. The highest BCUT2D eigenvalue weighted by Crippen LogP contribution is 2.37. The largest absolute Gasteiger partial charge is 0.508 e. The summed E-state index contributed by atoms with van der Waals surface area (Å²) in [5.41, 5.74) is 3.27. The van der Waals surface area contributed by atoms with Gasteiger partial charge in [-0.3, -0.25) is 4.79 Å². The van der Waals surface area contributed by atoms with Crippen LogP contribution in [-0.2, 0) is 9.59 Å². The molecule has 186 valence electrons. The molecule has 0 spiro atoms. The van der Waals surface area contributed by atoms with Gasteiger partial charge in [0.05, 0.1) is 18.9 Å². The molecule has 1 unspecified atom stereocenters. The molecule has 0 bridgehead atoms. The summed E-state index contributed by atoms with van der Waals surface area (Å²) in [6.45, 7) is 1.26. The molecular formula is C27H26N2O7. The number of aryl methyl sites for hydroxylation is 1. The number of phenols is 1. The van der Waals surface area contributed by atoms with Crippen molar-refractivity contribution in [3.63, 3.8) is 0 Å². The molecule has 3 aromatic carbocycles. The van der Waals surface area contributed by atoms with Gasteiger partial charge in [0.2, 0.25) is 0 Å². The minimum atomic E-state index is -1.10. The first kappa shape index (κ1) is 24.6. The Balaban J connectivity index is 1.60. The molecule has 0 fully saturated rings. The number of hydrazone groups is 1. The van der Waals surface area contributed by atoms with E-state index >= 15 is 0 Å². The average molecular weight is 491 g/mol. The van der Waals surface area contributed by atoms with Gasteiger partial charge in [-0.15, -0.1) is 0 Å². The molecule has 9 nitrogen and oxygen atoms in total. The zero-order valence-corrected chi connectivity index (χ0v) is 19.9. The Morgan fingerprint density at radius 1 is 0.972 bits per heavy atom. The van der Waals surface area contributed by atoms with E-state index in [2.05, 4.69) is 5.10 Å². The van der Waals surface area contributed by atoms with E-state index in [-0.39, 0.29) is 24.0 Å². The number of nitrogens with zero attached hydrogens (tertiary/aromatic N) is 2. The van der Waals surface area contributed by atoms with Crippen LogP contribution in [0, 0.1) is 6.92 Å². The Morgan fingerprint density at radius 2 is 1.69 bits per heavy atom. The highest BCUT2D eigenvalue weighted by Gasteiger charge is 2.34. The standard InChI is InChI=1S/C27H26N2O7/c1-17-3-10-21(11-4-17)35-15-26(31)29-23(14-22(28-29)18-5-8-20(30)9-6-18)19-7-12-24(25(13-19)34-2)36-16-27(32)33/h3-13,23,30H,14-16H2,1-2H3,(H,32,33). The van der Waals surface area contributed by atoms with Crippen molar-refractivity contribution in [3.8, 4) is 23.0 Å². The van der Waals surface area contributed by atoms with Crippen molar-refractivity contribution in [2.24, 2.45) is 5.10 Å². The molecule has 0 aliphatic carbocycles. The molecule has 0 saturated heterocycles. The lowest BCUT2D eigenvalue weighted by Gasteiger charge is -2.23. The number of hydrogen-bond donors (Lipinski definition) is 2. The molecule has 3 aromatic rings. The molecule has 0 radical (unpaired) electrons. The van der Waals surface area contributed by atoms with Crippen molar-refractivity contribution >= 4 is 17.6 Å². The molecule has 1 aliphatic heterocycles. The van der Waals surface area contributed by atoms with E-state index < -0.39 is 18.6 Å². The van der Waals surface area contributed by atoms with Gasteiger partial charge in [-0.05, 0) is 66.6 Å². The molecule has 1 heterocycles. The molecule has 0 aromatic heterocycles. The number of carbonyl (C=O) groups is 2. The number of phenolic OH excluding ortho intramolecular Hbond substituents is 1. The fourth-order valence-electron chi connectivity index (χ4n) is 3.82. The van der Waals surface area contributed by atoms with Gasteiger partial charge in [0.15, 0.2) is 24.7 Å². The predicted molar refractivity (Wildman–Crippen MR) is 132 cm³/mol. The zero-order valence-electron chi connectivity index (χ0n) is 19.9. The molecule has 1 atom stereocenters. The Bertz CT molecular complexity index is 1270. The number of ether oxygens (including phenoxy) is 3. The molecule has 1 amide bonds. The number of carboxylic acid groups (broad SMARTS) is 1. The number of aliphatic carboxylic acids is 1. The second-order valence-corrected chi connectivity index (χ2v) is 8.25. The number of carboxylic acids is 1. The maximum atomic E-state index is 13.2. The van der Waals surface area contributed by atoms with Gasteiger partial charge in [-0.2, -0.15) is 5.10 Å². The van der Waals surface area contributed by atoms with Crippen molar-refractivity contribution in [2.45, 2.75) is 19.4 Å². The zero-order chi connectivity index (χ0) is 25.7. The van der Waals surface area contributed by atoms with Gasteiger partial charge in [0.1, 0.15) is 11.5 Å². The van der Waals surface area contributed by atoms with E-state index in [0.29, 0.717) is 23.6 Å². The normalized spacial score (nSPS) is 14.8. The van der Waals surface area contributed by atoms with E-state index in [9.17, 15) is 14.7 Å². The quantitative estimate of drug-likeness (QED) is 0.467. The number of amides is 1. The lowest BCUT2D eigenvalue weighted by molar-refractivity contribution is -0.139. The van der Waals surface area contributed by atoms with Gasteiger partial charge >= 0.3 is 5.97 Å². The van der Waals surface area contributed by atoms with Crippen LogP contribution < -0.4 is 14.2 Å². The maximum absolute atomic E-state index is 13.2. The molecule has 0 saturated carbocycles. The fraction of sp³-hybridized carbons (Fsp3) is 0.222. The summed E-state index contributed by atoms with van der Waals surface area (Å²) in [5.74, 6) is -0.102. The van der Waals surface area contributed by atoms with Gasteiger partial charge < -0.3 is 24.4 Å². The summed E-state index contributed by atoms with van der Waals surface area (Å²) in [7, 11) is 1.46. The number of hydrogen-bond acceptors (Lipinski definition) is 7. The second kappa shape index (κ2) is 10.8. The van der Waals surface area contributed by atoms with Gasteiger partial charge in [0.25, 0.3) is 5.91 Å². The summed E-state index contributed by atoms with van der Waals surface area (Å²) in [4.78, 5) is 24.1. The molecule has 2 N–H and O–H groups in total. The first-order valence-electron chi connectivity index (χ1n) is 11.2. The fourth-order valence-corrected chi connectivity index (χ4v) is 3.82. The van der Waals surface area contributed by atoms with Gasteiger partial charge in [0, 0.05) is 6.42 Å². The lowest BCUT2D eigenvalue weighted by Crippen LogP contribution is -2.31. The first-order chi connectivity index (χ1) is 17.3. The van der Waals surface area contributed by atoms with Crippen molar-refractivity contribution in [3.05, 3.63) is 83.4 Å². The van der Waals surface area contributed by atoms with Crippen LogP contribution in [0.25, 0.3) is 0 Å². The monoisotopic (exact) mass is 490 g/mol. The Morgan fingerprint density at radius 3 is 2.36 bits per heavy atom. The highest BCUT2D eigenvalue weighted by molar-refractivity contribution is 6.03. The number of aromatic hydroxyl groups is 1. The van der Waals surface area contributed by atoms with Crippen molar-refractivity contribution in [2.75, 3.05) is 20.3 Å². The first-order valence-corrected chi connectivity index (χ1v) is 11.2. The molecule has 1 aliphatic rings. The van der Waals surface area contributed by atoms with Crippen LogP contribution >= 0.6 is 0 Å². The summed E-state index contributed by atoms with van der Waals surface area (Å²) in [5, 5.41) is 24.5. The molecule has 4 rings (SSSR count). The third kappa shape index (κ3) is 5.75. The molecule has 9 heteroatoms. The second-order valence-electron chi connectivity index (χ2n) is 8.25. The number of methoxy groups -OCH3 is 1. The Labute approximate surface area is 208 Å². The van der Waals surface area contributed by atoms with Crippen molar-refractivity contribution in [1.82, 2.24) is 5.01 Å². The van der Waals surface area contributed by atoms with Crippen LogP contribution in [0.15, 0.2) is 71.8 Å². The van der Waals surface area contributed by atoms with Crippen LogP contribution in [0.5, 0.6) is 23.0 Å². The van der Waals surface area contributed by atoms with Crippen LogP contribution in [0.4, 0.5) is 0 Å². The van der Waals surface area contributed by atoms with Crippen molar-refractivity contribution in [1.29, 1.82) is 0 Å². The summed E-state index contributed by atoms with van der Waals surface area (Å²) >= 11 is 0. The minimum absolute atomic E-state index is 0.134. The molecular weight excluding hydrogens is 464 g/mol. The van der Waals surface area contributed by atoms with Crippen LogP contribution in [0.3, 0.4) is 0 Å². The maximum Gasteiger partial charge on any atom is 0.341 e. The van der Waals surface area contributed by atoms with Crippen molar-refractivity contribution < 1.29 is 34.0 Å². The summed E-state index contributed by atoms with van der Waals surface area (Å²) < 4.78 is 16.4. The third-order valence-electron chi connectivity index (χ3n) is 5.67. The summed E-state index contributed by atoms with van der Waals surface area (Å²) in [6.07, 6.45) is 0.416. The van der Waals surface area contributed by atoms with E-state index in [1.807, 2.05) is 19.1 Å². The topological polar surface area (TPSA) is 118 Å². The third-order valence-corrected chi connectivity index (χ3v) is 5.67. The predicted octanol–water partition coefficient (Wildman–Crippen LogP) is 3.93. The Hall–Kier alpha value is -4.53. The average Bonchev–Trinajstić information content (AvgIpc) is 3.33. The van der Waals surface area contributed by atoms with Gasteiger partial charge in [-0.25, -0.2) is 9.80 Å². The van der Waals surface area contributed by atoms with Crippen LogP contribution in [0.2, 0.25) is 0 Å². The SMILES string of the molecule is COc1cc(C2CC(c3ccc(O)cc3)=NN2C(=O)COc2ccc(C)cc2)ccc1OCC(=O)O.